The van der Waals surface area contributed by atoms with Crippen LogP contribution in [0.2, 0.25) is 0 Å². The molecule has 2 nitrogen and oxygen atoms in total. The van der Waals surface area contributed by atoms with Gasteiger partial charge in [0.05, 0.1) is 5.56 Å². The molecular weight excluding hydrogens is 176 g/mol. The van der Waals surface area contributed by atoms with E-state index in [-0.39, 0.29) is 11.3 Å². The maximum Gasteiger partial charge on any atom is 0.267 e. The van der Waals surface area contributed by atoms with Crippen molar-refractivity contribution >= 4 is 0 Å². The second-order valence-corrected chi connectivity index (χ2v) is 2.69. The standard InChI is InChI=1S/C9H11F2NO/c1-12-5-6-3-2-4-7(8(6)13)9(10)11/h2-4,9,12-13H,5H2,1H3. The Balaban J connectivity index is 3.03. The van der Waals surface area contributed by atoms with Crippen molar-refractivity contribution < 1.29 is 13.9 Å². The highest BCUT2D eigenvalue weighted by Crippen LogP contribution is 2.30. The van der Waals surface area contributed by atoms with Crippen molar-refractivity contribution in [3.8, 4) is 5.75 Å². The third kappa shape index (κ3) is 2.15. The summed E-state index contributed by atoms with van der Waals surface area (Å²) in [4.78, 5) is 0. The highest BCUT2D eigenvalue weighted by Gasteiger charge is 2.14. The van der Waals surface area contributed by atoms with Gasteiger partial charge in [-0.25, -0.2) is 8.78 Å². The van der Waals surface area contributed by atoms with Crippen molar-refractivity contribution in [3.63, 3.8) is 0 Å². The number of halogens is 2. The number of hydrogen-bond acceptors (Lipinski definition) is 2. The van der Waals surface area contributed by atoms with Crippen molar-refractivity contribution in [1.82, 2.24) is 5.32 Å². The van der Waals surface area contributed by atoms with E-state index in [9.17, 15) is 13.9 Å². The molecule has 0 spiro atoms. The van der Waals surface area contributed by atoms with Crippen LogP contribution in [0, 0.1) is 0 Å². The SMILES string of the molecule is CNCc1cccc(C(F)F)c1O. The van der Waals surface area contributed by atoms with Gasteiger partial charge in [0.2, 0.25) is 0 Å². The molecule has 4 heteroatoms. The largest absolute Gasteiger partial charge is 0.507 e. The first kappa shape index (κ1) is 9.92. The number of phenolic OH excluding ortho intramolecular Hbond substituents is 1. The zero-order chi connectivity index (χ0) is 9.84. The summed E-state index contributed by atoms with van der Waals surface area (Å²) in [7, 11) is 1.69. The van der Waals surface area contributed by atoms with Gasteiger partial charge in [-0.1, -0.05) is 12.1 Å². The number of phenols is 1. The molecular formula is C9H11F2NO. The van der Waals surface area contributed by atoms with Gasteiger partial charge >= 0.3 is 0 Å². The monoisotopic (exact) mass is 187 g/mol. The third-order valence-corrected chi connectivity index (χ3v) is 1.75. The molecule has 0 aromatic heterocycles. The highest BCUT2D eigenvalue weighted by molar-refractivity contribution is 5.40. The van der Waals surface area contributed by atoms with Gasteiger partial charge in [0, 0.05) is 12.1 Å². The molecule has 0 fully saturated rings. The Morgan fingerprint density at radius 2 is 2.15 bits per heavy atom. The first-order valence-electron chi connectivity index (χ1n) is 3.90. The van der Waals surface area contributed by atoms with E-state index in [0.29, 0.717) is 12.1 Å². The molecule has 0 heterocycles. The van der Waals surface area contributed by atoms with Crippen molar-refractivity contribution in [1.29, 1.82) is 0 Å². The van der Waals surface area contributed by atoms with Gasteiger partial charge in [0.25, 0.3) is 6.43 Å². The average Bonchev–Trinajstić information content (AvgIpc) is 2.08. The number of hydrogen-bond donors (Lipinski definition) is 2. The van der Waals surface area contributed by atoms with E-state index in [4.69, 9.17) is 0 Å². The van der Waals surface area contributed by atoms with Crippen LogP contribution in [0.25, 0.3) is 0 Å². The van der Waals surface area contributed by atoms with Crippen LogP contribution in [0.5, 0.6) is 5.75 Å². The Hall–Kier alpha value is -1.16. The maximum absolute atomic E-state index is 12.3. The quantitative estimate of drug-likeness (QED) is 0.759. The van der Waals surface area contributed by atoms with E-state index >= 15 is 0 Å². The molecule has 0 aliphatic rings. The lowest BCUT2D eigenvalue weighted by Gasteiger charge is -2.08. The highest BCUT2D eigenvalue weighted by atomic mass is 19.3. The molecule has 0 saturated carbocycles. The molecule has 0 amide bonds. The van der Waals surface area contributed by atoms with E-state index < -0.39 is 6.43 Å². The normalized spacial score (nSPS) is 10.8. The number of alkyl halides is 2. The summed E-state index contributed by atoms with van der Waals surface area (Å²) in [5.41, 5.74) is 0.174. The third-order valence-electron chi connectivity index (χ3n) is 1.75. The minimum absolute atomic E-state index is 0.312. The summed E-state index contributed by atoms with van der Waals surface area (Å²) >= 11 is 0. The average molecular weight is 187 g/mol. The molecule has 1 rings (SSSR count). The van der Waals surface area contributed by atoms with Gasteiger partial charge in [-0.05, 0) is 13.1 Å². The molecule has 0 saturated heterocycles. The van der Waals surface area contributed by atoms with E-state index in [1.807, 2.05) is 0 Å². The molecule has 0 aliphatic carbocycles. The fourth-order valence-electron chi connectivity index (χ4n) is 1.12. The van der Waals surface area contributed by atoms with Crippen molar-refractivity contribution in [3.05, 3.63) is 29.3 Å². The lowest BCUT2D eigenvalue weighted by atomic mass is 10.1. The van der Waals surface area contributed by atoms with Crippen LogP contribution >= 0.6 is 0 Å². The predicted octanol–water partition coefficient (Wildman–Crippen LogP) is 2.05. The zero-order valence-electron chi connectivity index (χ0n) is 7.22. The zero-order valence-corrected chi connectivity index (χ0v) is 7.22. The summed E-state index contributed by atoms with van der Waals surface area (Å²) in [6.45, 7) is 0.381. The minimum Gasteiger partial charge on any atom is -0.507 e. The van der Waals surface area contributed by atoms with Crippen LogP contribution in [0.3, 0.4) is 0 Å². The molecule has 0 radical (unpaired) electrons. The molecule has 72 valence electrons. The van der Waals surface area contributed by atoms with Gasteiger partial charge < -0.3 is 10.4 Å². The van der Waals surface area contributed by atoms with Crippen LogP contribution in [0.4, 0.5) is 8.78 Å². The first-order chi connectivity index (χ1) is 6.16. The van der Waals surface area contributed by atoms with E-state index in [1.165, 1.54) is 12.1 Å². The van der Waals surface area contributed by atoms with Crippen LogP contribution in [0.1, 0.15) is 17.6 Å². The van der Waals surface area contributed by atoms with Gasteiger partial charge in [0.1, 0.15) is 5.75 Å². The molecule has 0 aliphatic heterocycles. The Labute approximate surface area is 75.2 Å². The Morgan fingerprint density at radius 3 is 2.69 bits per heavy atom. The van der Waals surface area contributed by atoms with E-state index in [2.05, 4.69) is 5.32 Å². The lowest BCUT2D eigenvalue weighted by Crippen LogP contribution is -2.05. The number of rotatable bonds is 3. The number of benzene rings is 1. The molecule has 2 N–H and O–H groups in total. The maximum atomic E-state index is 12.3. The van der Waals surface area contributed by atoms with Gasteiger partial charge in [0.15, 0.2) is 0 Å². The molecule has 0 bridgehead atoms. The van der Waals surface area contributed by atoms with Gasteiger partial charge in [-0.15, -0.1) is 0 Å². The Bertz CT molecular complexity index is 289. The van der Waals surface area contributed by atoms with Crippen molar-refractivity contribution in [2.45, 2.75) is 13.0 Å². The fourth-order valence-corrected chi connectivity index (χ4v) is 1.12. The van der Waals surface area contributed by atoms with Gasteiger partial charge in [-0.2, -0.15) is 0 Å². The number of aromatic hydroxyl groups is 1. The summed E-state index contributed by atoms with van der Waals surface area (Å²) in [5, 5.41) is 12.2. The van der Waals surface area contributed by atoms with Crippen molar-refractivity contribution in [2.75, 3.05) is 7.05 Å². The van der Waals surface area contributed by atoms with Gasteiger partial charge in [-0.3, -0.25) is 0 Å². The van der Waals surface area contributed by atoms with Crippen LogP contribution < -0.4 is 5.32 Å². The summed E-state index contributed by atoms with van der Waals surface area (Å²) in [6.07, 6.45) is -2.63. The van der Waals surface area contributed by atoms with Crippen LogP contribution in [0.15, 0.2) is 18.2 Å². The Kier molecular flexibility index (Phi) is 3.19. The topological polar surface area (TPSA) is 32.3 Å². The van der Waals surface area contributed by atoms with Crippen LogP contribution in [-0.2, 0) is 6.54 Å². The molecule has 1 aromatic carbocycles. The smallest absolute Gasteiger partial charge is 0.267 e. The van der Waals surface area contributed by atoms with Crippen LogP contribution in [-0.4, -0.2) is 12.2 Å². The second kappa shape index (κ2) is 4.18. The van der Waals surface area contributed by atoms with E-state index in [0.717, 1.165) is 0 Å². The second-order valence-electron chi connectivity index (χ2n) is 2.69. The molecule has 0 atom stereocenters. The lowest BCUT2D eigenvalue weighted by molar-refractivity contribution is 0.147. The summed E-state index contributed by atoms with van der Waals surface area (Å²) in [5.74, 6) is -0.313. The first-order valence-corrected chi connectivity index (χ1v) is 3.90. The molecule has 0 unspecified atom stereocenters. The predicted molar refractivity (Wildman–Crippen MR) is 45.8 cm³/mol. The fraction of sp³-hybridized carbons (Fsp3) is 0.333. The number of para-hydroxylation sites is 1. The number of nitrogens with one attached hydrogen (secondary N) is 1. The Morgan fingerprint density at radius 1 is 1.46 bits per heavy atom. The summed E-state index contributed by atoms with van der Waals surface area (Å²) in [6, 6.07) is 4.34. The summed E-state index contributed by atoms with van der Waals surface area (Å²) < 4.78 is 24.5. The molecule has 1 aromatic rings. The minimum atomic E-state index is -2.63. The van der Waals surface area contributed by atoms with E-state index in [1.54, 1.807) is 13.1 Å². The molecule has 13 heavy (non-hydrogen) atoms. The van der Waals surface area contributed by atoms with Crippen molar-refractivity contribution in [2.24, 2.45) is 0 Å².